The molecule has 1 fully saturated rings. The summed E-state index contributed by atoms with van der Waals surface area (Å²) in [5.41, 5.74) is 6.99. The van der Waals surface area contributed by atoms with Crippen molar-refractivity contribution in [2.24, 2.45) is 11.7 Å². The maximum absolute atomic E-state index is 6.14. The SMILES string of the molecule is COc1ccc(CN2CCCC(CN)C2)cc1Cl. The highest BCUT2D eigenvalue weighted by Crippen LogP contribution is 2.26. The number of halogens is 1. The van der Waals surface area contributed by atoms with Crippen LogP contribution in [0, 0.1) is 5.92 Å². The van der Waals surface area contributed by atoms with Crippen molar-refractivity contribution in [2.75, 3.05) is 26.7 Å². The molecule has 1 aliphatic rings. The lowest BCUT2D eigenvalue weighted by Crippen LogP contribution is -2.37. The van der Waals surface area contributed by atoms with E-state index in [1.54, 1.807) is 7.11 Å². The average Bonchev–Trinajstić information content (AvgIpc) is 2.39. The minimum absolute atomic E-state index is 0.646. The second-order valence-electron chi connectivity index (χ2n) is 4.95. The number of ether oxygens (including phenoxy) is 1. The van der Waals surface area contributed by atoms with Crippen LogP contribution in [0.3, 0.4) is 0 Å². The molecular formula is C14H21ClN2O. The normalized spacial score (nSPS) is 20.9. The van der Waals surface area contributed by atoms with Crippen LogP contribution in [0.25, 0.3) is 0 Å². The third kappa shape index (κ3) is 3.37. The van der Waals surface area contributed by atoms with Gasteiger partial charge in [-0.15, -0.1) is 0 Å². The molecule has 0 spiro atoms. The Morgan fingerprint density at radius 1 is 1.50 bits per heavy atom. The third-order valence-electron chi connectivity index (χ3n) is 3.56. The largest absolute Gasteiger partial charge is 0.495 e. The van der Waals surface area contributed by atoms with Crippen LogP contribution < -0.4 is 10.5 Å². The van der Waals surface area contributed by atoms with E-state index in [2.05, 4.69) is 11.0 Å². The zero-order chi connectivity index (χ0) is 13.0. The number of hydrogen-bond acceptors (Lipinski definition) is 3. The molecule has 0 aromatic heterocycles. The maximum Gasteiger partial charge on any atom is 0.137 e. The second-order valence-corrected chi connectivity index (χ2v) is 5.36. The number of nitrogens with zero attached hydrogens (tertiary/aromatic N) is 1. The van der Waals surface area contributed by atoms with Crippen molar-refractivity contribution in [1.82, 2.24) is 4.90 Å². The van der Waals surface area contributed by atoms with E-state index in [-0.39, 0.29) is 0 Å². The first-order valence-corrected chi connectivity index (χ1v) is 6.85. The molecule has 0 saturated carbocycles. The number of methoxy groups -OCH3 is 1. The summed E-state index contributed by atoms with van der Waals surface area (Å²) in [6.45, 7) is 3.99. The number of rotatable bonds is 4. The molecule has 0 aliphatic carbocycles. The van der Waals surface area contributed by atoms with Crippen LogP contribution in [0.2, 0.25) is 5.02 Å². The summed E-state index contributed by atoms with van der Waals surface area (Å²) in [6.07, 6.45) is 2.50. The van der Waals surface area contributed by atoms with Crippen molar-refractivity contribution in [2.45, 2.75) is 19.4 Å². The lowest BCUT2D eigenvalue weighted by atomic mass is 9.98. The summed E-state index contributed by atoms with van der Waals surface area (Å²) in [5.74, 6) is 1.38. The quantitative estimate of drug-likeness (QED) is 0.912. The molecule has 3 nitrogen and oxygen atoms in total. The van der Waals surface area contributed by atoms with Gasteiger partial charge in [-0.2, -0.15) is 0 Å². The van der Waals surface area contributed by atoms with Crippen molar-refractivity contribution < 1.29 is 4.74 Å². The smallest absolute Gasteiger partial charge is 0.137 e. The van der Waals surface area contributed by atoms with E-state index in [4.69, 9.17) is 22.1 Å². The van der Waals surface area contributed by atoms with Gasteiger partial charge in [-0.1, -0.05) is 17.7 Å². The van der Waals surface area contributed by atoms with Crippen molar-refractivity contribution in [3.63, 3.8) is 0 Å². The first kappa shape index (κ1) is 13.7. The molecule has 18 heavy (non-hydrogen) atoms. The van der Waals surface area contributed by atoms with Gasteiger partial charge >= 0.3 is 0 Å². The molecule has 1 heterocycles. The Morgan fingerprint density at radius 3 is 3.00 bits per heavy atom. The fourth-order valence-electron chi connectivity index (χ4n) is 2.55. The predicted molar refractivity (Wildman–Crippen MR) is 75.1 cm³/mol. The average molecular weight is 269 g/mol. The maximum atomic E-state index is 6.14. The Labute approximate surface area is 114 Å². The number of benzene rings is 1. The van der Waals surface area contributed by atoms with Crippen LogP contribution in [0.1, 0.15) is 18.4 Å². The summed E-state index contributed by atoms with van der Waals surface area (Å²) < 4.78 is 5.16. The van der Waals surface area contributed by atoms with Crippen molar-refractivity contribution >= 4 is 11.6 Å². The topological polar surface area (TPSA) is 38.5 Å². The predicted octanol–water partition coefficient (Wildman–Crippen LogP) is 2.52. The van der Waals surface area contributed by atoms with Gasteiger partial charge in [0.1, 0.15) is 5.75 Å². The Bertz CT molecular complexity index is 397. The Kier molecular flexibility index (Phi) is 4.87. The van der Waals surface area contributed by atoms with Gasteiger partial charge < -0.3 is 10.5 Å². The van der Waals surface area contributed by atoms with Crippen LogP contribution in [-0.2, 0) is 6.54 Å². The first-order chi connectivity index (χ1) is 8.72. The molecule has 1 unspecified atom stereocenters. The van der Waals surface area contributed by atoms with E-state index in [0.717, 1.165) is 31.9 Å². The highest BCUT2D eigenvalue weighted by Gasteiger charge is 2.18. The fourth-order valence-corrected chi connectivity index (χ4v) is 2.83. The molecule has 4 heteroatoms. The van der Waals surface area contributed by atoms with Gasteiger partial charge in [0, 0.05) is 13.1 Å². The third-order valence-corrected chi connectivity index (χ3v) is 3.85. The number of hydrogen-bond donors (Lipinski definition) is 1. The van der Waals surface area contributed by atoms with Gasteiger partial charge in [0.2, 0.25) is 0 Å². The van der Waals surface area contributed by atoms with E-state index >= 15 is 0 Å². The van der Waals surface area contributed by atoms with Gasteiger partial charge in [-0.25, -0.2) is 0 Å². The monoisotopic (exact) mass is 268 g/mol. The van der Waals surface area contributed by atoms with Crippen molar-refractivity contribution in [3.05, 3.63) is 28.8 Å². The van der Waals surface area contributed by atoms with Crippen LogP contribution in [0.4, 0.5) is 0 Å². The van der Waals surface area contributed by atoms with E-state index in [1.807, 2.05) is 12.1 Å². The molecular weight excluding hydrogens is 248 g/mol. The Balaban J connectivity index is 1.98. The highest BCUT2D eigenvalue weighted by molar-refractivity contribution is 6.32. The fraction of sp³-hybridized carbons (Fsp3) is 0.571. The van der Waals surface area contributed by atoms with Gasteiger partial charge in [0.15, 0.2) is 0 Å². The summed E-state index contributed by atoms with van der Waals surface area (Å²) in [6, 6.07) is 6.01. The zero-order valence-electron chi connectivity index (χ0n) is 10.9. The van der Waals surface area contributed by atoms with Gasteiger partial charge in [0.25, 0.3) is 0 Å². The molecule has 2 rings (SSSR count). The molecule has 1 aromatic rings. The second kappa shape index (κ2) is 6.41. The number of piperidine rings is 1. The molecule has 1 aliphatic heterocycles. The van der Waals surface area contributed by atoms with Crippen LogP contribution in [-0.4, -0.2) is 31.6 Å². The molecule has 2 N–H and O–H groups in total. The number of likely N-dealkylation sites (tertiary alicyclic amines) is 1. The molecule has 0 radical (unpaired) electrons. The molecule has 0 bridgehead atoms. The lowest BCUT2D eigenvalue weighted by molar-refractivity contribution is 0.171. The van der Waals surface area contributed by atoms with Gasteiger partial charge in [-0.3, -0.25) is 4.90 Å². The molecule has 0 amide bonds. The van der Waals surface area contributed by atoms with E-state index in [0.29, 0.717) is 10.9 Å². The van der Waals surface area contributed by atoms with Gasteiger partial charge in [-0.05, 0) is 49.5 Å². The number of nitrogens with two attached hydrogens (primary N) is 1. The minimum atomic E-state index is 0.646. The van der Waals surface area contributed by atoms with Crippen LogP contribution in [0.5, 0.6) is 5.75 Å². The highest BCUT2D eigenvalue weighted by atomic mass is 35.5. The molecule has 1 atom stereocenters. The molecule has 1 aromatic carbocycles. The standard InChI is InChI=1S/C14H21ClN2O/c1-18-14-5-4-11(7-13(14)15)9-17-6-2-3-12(8-16)10-17/h4-5,7,12H,2-3,6,8-10,16H2,1H3. The van der Waals surface area contributed by atoms with Gasteiger partial charge in [0.05, 0.1) is 12.1 Å². The summed E-state index contributed by atoms with van der Waals surface area (Å²) in [4.78, 5) is 2.46. The zero-order valence-corrected chi connectivity index (χ0v) is 11.6. The Hall–Kier alpha value is -0.770. The van der Waals surface area contributed by atoms with Crippen molar-refractivity contribution in [1.29, 1.82) is 0 Å². The summed E-state index contributed by atoms with van der Waals surface area (Å²) >= 11 is 6.14. The minimum Gasteiger partial charge on any atom is -0.495 e. The van der Waals surface area contributed by atoms with E-state index in [9.17, 15) is 0 Å². The molecule has 100 valence electrons. The van der Waals surface area contributed by atoms with Crippen LogP contribution in [0.15, 0.2) is 18.2 Å². The first-order valence-electron chi connectivity index (χ1n) is 6.47. The molecule has 1 saturated heterocycles. The van der Waals surface area contributed by atoms with Crippen LogP contribution >= 0.6 is 11.6 Å². The Morgan fingerprint density at radius 2 is 2.33 bits per heavy atom. The lowest BCUT2D eigenvalue weighted by Gasteiger charge is -2.32. The van der Waals surface area contributed by atoms with E-state index < -0.39 is 0 Å². The summed E-state index contributed by atoms with van der Waals surface area (Å²) in [5, 5.41) is 0.683. The van der Waals surface area contributed by atoms with E-state index in [1.165, 1.54) is 18.4 Å². The summed E-state index contributed by atoms with van der Waals surface area (Å²) in [7, 11) is 1.64. The van der Waals surface area contributed by atoms with Crippen molar-refractivity contribution in [3.8, 4) is 5.75 Å².